The quantitative estimate of drug-likeness (QED) is 0.374. The van der Waals surface area contributed by atoms with Crippen molar-refractivity contribution < 1.29 is 32.7 Å². The number of carbonyl (C=O) groups excluding carboxylic acids is 2. The topological polar surface area (TPSA) is 101 Å². The molecular weight excluding hydrogens is 439 g/mol. The van der Waals surface area contributed by atoms with Crippen molar-refractivity contribution in [3.63, 3.8) is 0 Å². The Hall–Kier alpha value is -3.66. The molecule has 3 rings (SSSR count). The number of alkyl halides is 3. The SMILES string of the molecule is COc1cc(-c2cccc(NC(=O)C(C)(C)C)c2)cc2c(C(F)(F)F)c(C(=O)NO)cnc12. The van der Waals surface area contributed by atoms with Gasteiger partial charge >= 0.3 is 6.18 Å². The summed E-state index contributed by atoms with van der Waals surface area (Å²) < 4.78 is 47.2. The van der Waals surface area contributed by atoms with E-state index in [1.807, 2.05) is 0 Å². The number of carbonyl (C=O) groups is 2. The zero-order valence-electron chi connectivity index (χ0n) is 18.3. The summed E-state index contributed by atoms with van der Waals surface area (Å²) >= 11 is 0. The Morgan fingerprint density at radius 1 is 1.06 bits per heavy atom. The maximum Gasteiger partial charge on any atom is 0.417 e. The molecule has 2 amide bonds. The number of amides is 2. The highest BCUT2D eigenvalue weighted by Crippen LogP contribution is 2.41. The molecule has 7 nitrogen and oxygen atoms in total. The van der Waals surface area contributed by atoms with Gasteiger partial charge in [-0.05, 0) is 35.4 Å². The van der Waals surface area contributed by atoms with E-state index in [4.69, 9.17) is 9.94 Å². The summed E-state index contributed by atoms with van der Waals surface area (Å²) in [6.45, 7) is 5.27. The van der Waals surface area contributed by atoms with Gasteiger partial charge in [0.1, 0.15) is 11.3 Å². The van der Waals surface area contributed by atoms with Crippen LogP contribution in [0.3, 0.4) is 0 Å². The lowest BCUT2D eigenvalue weighted by atomic mass is 9.95. The van der Waals surface area contributed by atoms with Crippen molar-refractivity contribution in [3.05, 3.63) is 53.7 Å². The van der Waals surface area contributed by atoms with Gasteiger partial charge in [-0.2, -0.15) is 13.2 Å². The zero-order chi connectivity index (χ0) is 24.6. The minimum Gasteiger partial charge on any atom is -0.494 e. The number of hydrogen-bond donors (Lipinski definition) is 3. The van der Waals surface area contributed by atoms with E-state index in [-0.39, 0.29) is 22.6 Å². The number of hydrogen-bond acceptors (Lipinski definition) is 5. The van der Waals surface area contributed by atoms with E-state index in [9.17, 15) is 22.8 Å². The Morgan fingerprint density at radius 3 is 2.33 bits per heavy atom. The number of nitrogens with one attached hydrogen (secondary N) is 2. The summed E-state index contributed by atoms with van der Waals surface area (Å²) in [5, 5.41) is 11.3. The summed E-state index contributed by atoms with van der Waals surface area (Å²) in [6.07, 6.45) is -4.18. The van der Waals surface area contributed by atoms with Crippen molar-refractivity contribution in [2.45, 2.75) is 26.9 Å². The molecule has 0 fully saturated rings. The Labute approximate surface area is 187 Å². The molecule has 10 heteroatoms. The second-order valence-electron chi connectivity index (χ2n) is 8.35. The third-order valence-electron chi connectivity index (χ3n) is 4.92. The summed E-state index contributed by atoms with van der Waals surface area (Å²) in [4.78, 5) is 28.2. The molecule has 0 saturated heterocycles. The first-order chi connectivity index (χ1) is 15.4. The maximum atomic E-state index is 14.0. The first-order valence-electron chi connectivity index (χ1n) is 9.81. The molecule has 1 heterocycles. The highest BCUT2D eigenvalue weighted by Gasteiger charge is 2.38. The van der Waals surface area contributed by atoms with E-state index < -0.39 is 28.6 Å². The van der Waals surface area contributed by atoms with Crippen LogP contribution in [0.4, 0.5) is 18.9 Å². The molecule has 1 aromatic heterocycles. The fourth-order valence-electron chi connectivity index (χ4n) is 3.23. The summed E-state index contributed by atoms with van der Waals surface area (Å²) in [5.41, 5.74) is -0.279. The lowest BCUT2D eigenvalue weighted by molar-refractivity contribution is -0.136. The third-order valence-corrected chi connectivity index (χ3v) is 4.92. The summed E-state index contributed by atoms with van der Waals surface area (Å²) in [5.74, 6) is -1.50. The molecule has 0 aliphatic heterocycles. The van der Waals surface area contributed by atoms with Gasteiger partial charge in [0.2, 0.25) is 5.91 Å². The zero-order valence-corrected chi connectivity index (χ0v) is 18.3. The Morgan fingerprint density at radius 2 is 1.76 bits per heavy atom. The molecule has 3 N–H and O–H groups in total. The Balaban J connectivity index is 2.24. The monoisotopic (exact) mass is 461 g/mol. The minimum atomic E-state index is -4.92. The largest absolute Gasteiger partial charge is 0.494 e. The van der Waals surface area contributed by atoms with Crippen molar-refractivity contribution in [2.24, 2.45) is 5.41 Å². The molecule has 174 valence electrons. The van der Waals surface area contributed by atoms with Crippen LogP contribution >= 0.6 is 0 Å². The number of ether oxygens (including phenoxy) is 1. The first-order valence-corrected chi connectivity index (χ1v) is 9.81. The number of hydroxylamine groups is 1. The summed E-state index contributed by atoms with van der Waals surface area (Å²) in [7, 11) is 1.29. The standard InChI is InChI=1S/C23H22F3N3O4/c1-22(2,3)21(31)28-14-7-5-6-12(8-14)13-9-15-18(23(24,25)26)16(20(30)29-32)11-27-19(15)17(10-13)33-4/h5-11,32H,1-4H3,(H,28,31)(H,29,30). The van der Waals surface area contributed by atoms with E-state index in [1.54, 1.807) is 45.0 Å². The second-order valence-corrected chi connectivity index (χ2v) is 8.35. The molecule has 3 aromatic rings. The smallest absolute Gasteiger partial charge is 0.417 e. The number of nitrogens with zero attached hydrogens (tertiary/aromatic N) is 1. The van der Waals surface area contributed by atoms with Gasteiger partial charge in [0.25, 0.3) is 5.91 Å². The van der Waals surface area contributed by atoms with Crippen LogP contribution in [0.25, 0.3) is 22.0 Å². The van der Waals surface area contributed by atoms with Crippen molar-refractivity contribution in [1.82, 2.24) is 10.5 Å². The van der Waals surface area contributed by atoms with E-state index >= 15 is 0 Å². The first kappa shape index (κ1) is 24.0. The predicted octanol–water partition coefficient (Wildman–Crippen LogP) is 5.03. The molecular formula is C23H22F3N3O4. The van der Waals surface area contributed by atoms with E-state index in [0.29, 0.717) is 16.8 Å². The number of pyridine rings is 1. The Bertz CT molecular complexity index is 1230. The average Bonchev–Trinajstić information content (AvgIpc) is 2.75. The van der Waals surface area contributed by atoms with Crippen molar-refractivity contribution in [1.29, 1.82) is 0 Å². The molecule has 0 atom stereocenters. The van der Waals surface area contributed by atoms with Gasteiger partial charge in [-0.3, -0.25) is 19.8 Å². The van der Waals surface area contributed by atoms with Gasteiger partial charge < -0.3 is 10.1 Å². The minimum absolute atomic E-state index is 0.0630. The molecule has 0 unspecified atom stereocenters. The molecule has 0 spiro atoms. The fourth-order valence-corrected chi connectivity index (χ4v) is 3.23. The second kappa shape index (κ2) is 8.70. The van der Waals surface area contributed by atoms with Crippen LogP contribution in [0.15, 0.2) is 42.6 Å². The van der Waals surface area contributed by atoms with Crippen molar-refractivity contribution in [3.8, 4) is 16.9 Å². The van der Waals surface area contributed by atoms with Crippen molar-refractivity contribution >= 4 is 28.4 Å². The molecule has 0 saturated carbocycles. The van der Waals surface area contributed by atoms with Crippen LogP contribution in [0, 0.1) is 5.41 Å². The van der Waals surface area contributed by atoms with Crippen LogP contribution in [-0.4, -0.2) is 29.1 Å². The molecule has 0 aliphatic rings. The van der Waals surface area contributed by atoms with Gasteiger partial charge in [-0.15, -0.1) is 0 Å². The molecule has 0 aliphatic carbocycles. The molecule has 2 aromatic carbocycles. The van der Waals surface area contributed by atoms with E-state index in [2.05, 4.69) is 10.3 Å². The lowest BCUT2D eigenvalue weighted by Gasteiger charge is -2.19. The molecule has 33 heavy (non-hydrogen) atoms. The number of halogens is 3. The van der Waals surface area contributed by atoms with Crippen LogP contribution in [0.1, 0.15) is 36.7 Å². The number of benzene rings is 2. The van der Waals surface area contributed by atoms with Gasteiger partial charge in [0.05, 0.1) is 18.2 Å². The fraction of sp³-hybridized carbons (Fsp3) is 0.261. The highest BCUT2D eigenvalue weighted by molar-refractivity contribution is 6.02. The van der Waals surface area contributed by atoms with E-state index in [1.165, 1.54) is 24.7 Å². The number of rotatable bonds is 4. The maximum absolute atomic E-state index is 14.0. The van der Waals surface area contributed by atoms with Gasteiger partial charge in [-0.25, -0.2) is 5.48 Å². The van der Waals surface area contributed by atoms with Crippen LogP contribution in [0.5, 0.6) is 5.75 Å². The normalized spacial score (nSPS) is 11.9. The number of aromatic nitrogens is 1. The Kier molecular flexibility index (Phi) is 6.33. The predicted molar refractivity (Wildman–Crippen MR) is 116 cm³/mol. The van der Waals surface area contributed by atoms with Crippen LogP contribution in [0.2, 0.25) is 0 Å². The average molecular weight is 461 g/mol. The number of fused-ring (bicyclic) bond motifs is 1. The van der Waals surface area contributed by atoms with Crippen molar-refractivity contribution in [2.75, 3.05) is 12.4 Å². The van der Waals surface area contributed by atoms with Crippen LogP contribution in [-0.2, 0) is 11.0 Å². The lowest BCUT2D eigenvalue weighted by Crippen LogP contribution is -2.27. The van der Waals surface area contributed by atoms with E-state index in [0.717, 1.165) is 6.20 Å². The van der Waals surface area contributed by atoms with Gasteiger partial charge in [-0.1, -0.05) is 32.9 Å². The third kappa shape index (κ3) is 4.90. The van der Waals surface area contributed by atoms with Crippen LogP contribution < -0.4 is 15.5 Å². The molecule has 0 bridgehead atoms. The number of anilines is 1. The van der Waals surface area contributed by atoms with Gasteiger partial charge in [0, 0.05) is 22.7 Å². The van der Waals surface area contributed by atoms with Gasteiger partial charge in [0.15, 0.2) is 0 Å². The summed E-state index contributed by atoms with van der Waals surface area (Å²) in [6, 6.07) is 9.37. The number of methoxy groups -OCH3 is 1. The highest BCUT2D eigenvalue weighted by atomic mass is 19.4. The molecule has 0 radical (unpaired) electrons.